The Hall–Kier alpha value is -3.39. The summed E-state index contributed by atoms with van der Waals surface area (Å²) in [5.74, 6) is 4.38. The molecule has 2 aromatic rings. The molecule has 0 unspecified atom stereocenters. The molecule has 8 heteroatoms. The molecule has 0 aromatic heterocycles. The molecule has 0 spiro atoms. The molecule has 7 N–H and O–H groups in total. The van der Waals surface area contributed by atoms with Gasteiger partial charge >= 0.3 is 5.97 Å². The minimum Gasteiger partial charge on any atom is -0.480 e. The largest absolute Gasteiger partial charge is 0.480 e. The van der Waals surface area contributed by atoms with Crippen molar-refractivity contribution in [3.63, 3.8) is 0 Å². The van der Waals surface area contributed by atoms with Crippen molar-refractivity contribution in [1.82, 2.24) is 10.4 Å². The Morgan fingerprint density at radius 3 is 2.34 bits per heavy atom. The molecular weight excluding hydrogens is 406 g/mol. The van der Waals surface area contributed by atoms with Gasteiger partial charge in [0.2, 0.25) is 5.91 Å². The number of hydrogen-bond acceptors (Lipinski definition) is 4. The molecule has 0 radical (unpaired) electrons. The van der Waals surface area contributed by atoms with Crippen LogP contribution in [-0.4, -0.2) is 33.8 Å². The number of benzene rings is 2. The minimum absolute atomic E-state index is 0.134. The highest BCUT2D eigenvalue weighted by Crippen LogP contribution is 2.25. The van der Waals surface area contributed by atoms with Gasteiger partial charge in [-0.25, -0.2) is 10.6 Å². The highest BCUT2D eigenvalue weighted by atomic mass is 16.4. The van der Waals surface area contributed by atoms with E-state index < -0.39 is 12.0 Å². The van der Waals surface area contributed by atoms with Gasteiger partial charge in [-0.05, 0) is 35.1 Å². The fraction of sp³-hybridized carbons (Fsp3) is 0.375. The van der Waals surface area contributed by atoms with Crippen LogP contribution in [0.25, 0.3) is 11.1 Å². The van der Waals surface area contributed by atoms with Gasteiger partial charge in [-0.3, -0.25) is 10.5 Å². The number of amides is 1. The van der Waals surface area contributed by atoms with Gasteiger partial charge in [0.1, 0.15) is 6.04 Å². The van der Waals surface area contributed by atoms with Crippen molar-refractivity contribution in [2.45, 2.75) is 52.6 Å². The summed E-state index contributed by atoms with van der Waals surface area (Å²) in [4.78, 5) is 26.3. The topological polar surface area (TPSA) is 136 Å². The summed E-state index contributed by atoms with van der Waals surface area (Å²) in [7, 11) is 0. The van der Waals surface area contributed by atoms with Crippen LogP contribution < -0.4 is 22.2 Å². The van der Waals surface area contributed by atoms with E-state index in [-0.39, 0.29) is 18.4 Å². The molecule has 0 aliphatic heterocycles. The van der Waals surface area contributed by atoms with Crippen LogP contribution in [0.3, 0.4) is 0 Å². The van der Waals surface area contributed by atoms with Crippen molar-refractivity contribution < 1.29 is 19.8 Å². The maximum atomic E-state index is 12.8. The van der Waals surface area contributed by atoms with E-state index in [1.807, 2.05) is 69.3 Å². The molecular formula is C24H34N5O3+. The lowest BCUT2D eigenvalue weighted by atomic mass is 9.97. The molecule has 1 atom stereocenters. The van der Waals surface area contributed by atoms with E-state index in [9.17, 15) is 14.7 Å². The maximum absolute atomic E-state index is 12.8. The number of nitrogen functional groups attached to an aromatic ring is 1. The fourth-order valence-electron chi connectivity index (χ4n) is 3.69. The zero-order valence-electron chi connectivity index (χ0n) is 19.0. The Morgan fingerprint density at radius 2 is 1.78 bits per heavy atom. The first-order chi connectivity index (χ1) is 15.3. The summed E-state index contributed by atoms with van der Waals surface area (Å²) in [5.41, 5.74) is 11.9. The molecule has 2 aromatic carbocycles. The van der Waals surface area contributed by atoms with Gasteiger partial charge in [0, 0.05) is 13.0 Å². The van der Waals surface area contributed by atoms with Crippen molar-refractivity contribution in [3.8, 4) is 11.1 Å². The van der Waals surface area contributed by atoms with Gasteiger partial charge in [-0.15, -0.1) is 0 Å². The Labute approximate surface area is 189 Å². The number of carbonyl (C=O) groups is 2. The highest BCUT2D eigenvalue weighted by Gasteiger charge is 2.32. The van der Waals surface area contributed by atoms with Crippen LogP contribution in [0.4, 0.5) is 0 Å². The normalized spacial score (nSPS) is 12.5. The summed E-state index contributed by atoms with van der Waals surface area (Å²) in [5, 5.41) is 12.5. The van der Waals surface area contributed by atoms with Crippen LogP contribution in [0.2, 0.25) is 0 Å². The summed E-state index contributed by atoms with van der Waals surface area (Å²) in [6.45, 7) is 5.90. The molecule has 8 nitrogen and oxygen atoms in total. The van der Waals surface area contributed by atoms with Crippen molar-refractivity contribution in [3.05, 3.63) is 59.7 Å². The molecule has 0 fully saturated rings. The van der Waals surface area contributed by atoms with Crippen molar-refractivity contribution >= 4 is 17.7 Å². The first-order valence-electron chi connectivity index (χ1n) is 10.8. The number of hydrogen-bond donors (Lipinski definition) is 5. The quantitative estimate of drug-likeness (QED) is 0.154. The standard InChI is InChI=1S/C24H33N5O3/c1-4-5-10-21(30)29(22(16(2)3)24(31)32)15-17-11-13-18(14-12-17)19-8-6-7-9-20(19)23(25)27-28-26/h6-9,11-14,16,22,28H,4-5,10,15,26H2,1-3H3,(H2,25,27)(H,31,32)/p+1/t22-/m0/s1. The monoisotopic (exact) mass is 440 g/mol. The average Bonchev–Trinajstić information content (AvgIpc) is 2.77. The van der Waals surface area contributed by atoms with Crippen LogP contribution in [0.1, 0.15) is 51.2 Å². The predicted octanol–water partition coefficient (Wildman–Crippen LogP) is 1.15. The first-order valence-corrected chi connectivity index (χ1v) is 10.8. The summed E-state index contributed by atoms with van der Waals surface area (Å²) < 4.78 is 0. The van der Waals surface area contributed by atoms with Crippen molar-refractivity contribution in [2.75, 3.05) is 0 Å². The van der Waals surface area contributed by atoms with E-state index >= 15 is 0 Å². The Balaban J connectivity index is 2.34. The minimum atomic E-state index is -0.984. The van der Waals surface area contributed by atoms with E-state index in [0.29, 0.717) is 12.3 Å². The first kappa shape index (κ1) is 24.9. The molecule has 172 valence electrons. The number of aliphatic carboxylic acids is 1. The van der Waals surface area contributed by atoms with Gasteiger partial charge in [-0.2, -0.15) is 10.6 Å². The molecule has 0 bridgehead atoms. The predicted molar refractivity (Wildman–Crippen MR) is 125 cm³/mol. The third-order valence-electron chi connectivity index (χ3n) is 5.33. The number of carboxylic acid groups (broad SMARTS) is 1. The number of carbonyl (C=O) groups excluding carboxylic acids is 1. The summed E-state index contributed by atoms with van der Waals surface area (Å²) in [6.07, 6.45) is 1.95. The maximum Gasteiger partial charge on any atom is 0.326 e. The molecule has 0 aliphatic carbocycles. The van der Waals surface area contributed by atoms with Crippen LogP contribution in [0.5, 0.6) is 0 Å². The Morgan fingerprint density at radius 1 is 1.12 bits per heavy atom. The summed E-state index contributed by atoms with van der Waals surface area (Å²) >= 11 is 0. The Bertz CT molecular complexity index is 941. The zero-order valence-corrected chi connectivity index (χ0v) is 19.0. The van der Waals surface area contributed by atoms with Gasteiger partial charge in [0.15, 0.2) is 0 Å². The zero-order chi connectivity index (χ0) is 23.7. The number of rotatable bonds is 11. The number of nitrogens with zero attached hydrogens (tertiary/aromatic N) is 1. The second-order valence-corrected chi connectivity index (χ2v) is 8.08. The van der Waals surface area contributed by atoms with Crippen molar-refractivity contribution in [1.29, 1.82) is 0 Å². The number of unbranched alkanes of at least 4 members (excludes halogenated alkanes) is 1. The van der Waals surface area contributed by atoms with E-state index in [1.165, 1.54) is 4.90 Å². The van der Waals surface area contributed by atoms with Gasteiger partial charge in [0.25, 0.3) is 5.84 Å². The lowest BCUT2D eigenvalue weighted by Gasteiger charge is -2.32. The molecule has 1 amide bonds. The number of amidine groups is 1. The van der Waals surface area contributed by atoms with Crippen LogP contribution in [0, 0.1) is 5.92 Å². The lowest BCUT2D eigenvalue weighted by Crippen LogP contribution is -2.87. The highest BCUT2D eigenvalue weighted by molar-refractivity contribution is 5.99. The number of nitrogens with two attached hydrogens (primary N) is 2. The van der Waals surface area contributed by atoms with E-state index in [2.05, 4.69) is 10.6 Å². The SMILES string of the molecule is CCCCC(=O)N(Cc1ccc(-c2ccccc2/C(N)=[NH+]/NN)cc1)[C@H](C(=O)O)C(C)C. The second kappa shape index (κ2) is 11.9. The summed E-state index contributed by atoms with van der Waals surface area (Å²) in [6, 6.07) is 14.5. The molecule has 0 heterocycles. The van der Waals surface area contributed by atoms with Crippen LogP contribution >= 0.6 is 0 Å². The van der Waals surface area contributed by atoms with Crippen molar-refractivity contribution in [2.24, 2.45) is 17.5 Å². The fourth-order valence-corrected chi connectivity index (χ4v) is 3.69. The molecule has 0 saturated heterocycles. The third kappa shape index (κ3) is 6.31. The average molecular weight is 441 g/mol. The van der Waals surface area contributed by atoms with Crippen LogP contribution in [-0.2, 0) is 16.1 Å². The lowest BCUT2D eigenvalue weighted by molar-refractivity contribution is -0.528. The number of hydrazone groups is 1. The van der Waals surface area contributed by atoms with E-state index in [4.69, 9.17) is 11.6 Å². The van der Waals surface area contributed by atoms with E-state index in [1.54, 1.807) is 0 Å². The second-order valence-electron chi connectivity index (χ2n) is 8.08. The third-order valence-corrected chi connectivity index (χ3v) is 5.33. The molecule has 0 saturated carbocycles. The number of nitrogens with one attached hydrogen (secondary N) is 2. The van der Waals surface area contributed by atoms with Gasteiger partial charge < -0.3 is 10.0 Å². The number of hydrazine groups is 2. The Kier molecular flexibility index (Phi) is 9.22. The van der Waals surface area contributed by atoms with Gasteiger partial charge in [-0.1, -0.05) is 69.7 Å². The number of carboxylic acids is 1. The molecule has 0 aliphatic rings. The van der Waals surface area contributed by atoms with Gasteiger partial charge in [0.05, 0.1) is 5.56 Å². The molecule has 32 heavy (non-hydrogen) atoms. The molecule has 2 rings (SSSR count). The smallest absolute Gasteiger partial charge is 0.326 e. The van der Waals surface area contributed by atoms with Crippen LogP contribution in [0.15, 0.2) is 48.5 Å². The van der Waals surface area contributed by atoms with E-state index in [0.717, 1.165) is 35.1 Å².